The molecule has 0 aromatic heterocycles. The van der Waals surface area contributed by atoms with Gasteiger partial charge in [0.1, 0.15) is 0 Å². The van der Waals surface area contributed by atoms with E-state index in [-0.39, 0.29) is 0 Å². The van der Waals surface area contributed by atoms with Crippen molar-refractivity contribution in [3.63, 3.8) is 0 Å². The molecule has 0 heterocycles. The zero-order chi connectivity index (χ0) is 31.0. The van der Waals surface area contributed by atoms with E-state index in [9.17, 15) is 17.3 Å². The van der Waals surface area contributed by atoms with E-state index in [0.29, 0.717) is 26.4 Å². The minimum atomic E-state index is -6.00. The van der Waals surface area contributed by atoms with E-state index in [2.05, 4.69) is 66.7 Å². The molecular weight excluding hydrogens is 638 g/mol. The molecular formula is C34H31BF4O4Se. The third-order valence-electron chi connectivity index (χ3n) is 5.82. The molecule has 0 aliphatic rings. The molecule has 0 aliphatic carbocycles. The van der Waals surface area contributed by atoms with E-state index in [4.69, 9.17) is 18.9 Å². The monoisotopic (exact) mass is 670 g/mol. The van der Waals surface area contributed by atoms with E-state index in [0.717, 1.165) is 23.0 Å². The van der Waals surface area contributed by atoms with Crippen molar-refractivity contribution in [2.24, 2.45) is 0 Å². The molecule has 0 saturated heterocycles. The van der Waals surface area contributed by atoms with Gasteiger partial charge in [0, 0.05) is 0 Å². The number of hydrogen-bond acceptors (Lipinski definition) is 4. The first-order valence-electron chi connectivity index (χ1n) is 13.8. The Balaban J connectivity index is 0.000000818. The molecule has 0 bridgehead atoms. The van der Waals surface area contributed by atoms with E-state index < -0.39 is 21.2 Å². The summed E-state index contributed by atoms with van der Waals surface area (Å²) < 4.78 is 67.0. The number of hydrogen-bond donors (Lipinski definition) is 0. The Morgan fingerprint density at radius 2 is 0.727 bits per heavy atom. The van der Waals surface area contributed by atoms with Crippen molar-refractivity contribution in [2.75, 3.05) is 26.4 Å². The molecule has 10 heteroatoms. The Labute approximate surface area is 259 Å². The first-order valence-corrected chi connectivity index (χ1v) is 16.4. The van der Waals surface area contributed by atoms with E-state index in [1.807, 2.05) is 72.8 Å². The van der Waals surface area contributed by atoms with Crippen LogP contribution < -0.4 is 32.3 Å². The van der Waals surface area contributed by atoms with Gasteiger partial charge in [-0.25, -0.2) is 0 Å². The Bertz CT molecular complexity index is 1430. The topological polar surface area (TPSA) is 36.9 Å². The summed E-state index contributed by atoms with van der Waals surface area (Å²) in [4.78, 5) is 0. The van der Waals surface area contributed by atoms with Crippen LogP contribution in [0.2, 0.25) is 0 Å². The van der Waals surface area contributed by atoms with E-state index >= 15 is 0 Å². The molecule has 0 saturated carbocycles. The SMILES string of the molecule is F[B-](F)(F)F.c1ccc(OCCOc2ccccc2[Se+](c2ccccc2)c2ccccc2OCCOc2ccccc2)cc1. The van der Waals surface area contributed by atoms with Gasteiger partial charge in [0.25, 0.3) is 0 Å². The van der Waals surface area contributed by atoms with Crippen molar-refractivity contribution in [1.29, 1.82) is 0 Å². The quantitative estimate of drug-likeness (QED) is 0.0825. The normalized spacial score (nSPS) is 10.8. The predicted octanol–water partition coefficient (Wildman–Crippen LogP) is 6.42. The zero-order valence-corrected chi connectivity index (χ0v) is 25.5. The first-order chi connectivity index (χ1) is 21.4. The average molecular weight is 669 g/mol. The summed E-state index contributed by atoms with van der Waals surface area (Å²) in [5.41, 5.74) is 0. The van der Waals surface area contributed by atoms with Crippen molar-refractivity contribution in [3.8, 4) is 23.0 Å². The van der Waals surface area contributed by atoms with Crippen molar-refractivity contribution in [1.82, 2.24) is 0 Å². The van der Waals surface area contributed by atoms with Crippen LogP contribution in [-0.4, -0.2) is 47.6 Å². The molecule has 0 amide bonds. The molecule has 4 nitrogen and oxygen atoms in total. The van der Waals surface area contributed by atoms with Gasteiger partial charge in [0.15, 0.2) is 0 Å². The first kappa shape index (κ1) is 32.5. The van der Waals surface area contributed by atoms with Crippen LogP contribution in [0.4, 0.5) is 17.3 Å². The van der Waals surface area contributed by atoms with Crippen LogP contribution in [0, 0.1) is 0 Å². The number of rotatable bonds is 13. The predicted molar refractivity (Wildman–Crippen MR) is 169 cm³/mol. The standard InChI is InChI=1S/C34H31O4Se.BF4/c1-4-14-28(15-5-1)35-24-26-37-31-20-10-12-22-33(31)39(30-18-8-3-9-19-30)34-23-13-11-21-32(34)38-27-25-36-29-16-6-2-7-17-29;2-1(3,4)5/h1-23H,24-27H2;/q+1;-1. The van der Waals surface area contributed by atoms with Gasteiger partial charge in [0.2, 0.25) is 0 Å². The third-order valence-corrected chi connectivity index (χ3v) is 10.6. The van der Waals surface area contributed by atoms with Crippen LogP contribution in [0.1, 0.15) is 0 Å². The van der Waals surface area contributed by atoms with Gasteiger partial charge >= 0.3 is 242 Å². The Kier molecular flexibility index (Phi) is 12.6. The Morgan fingerprint density at radius 1 is 0.409 bits per heavy atom. The molecule has 0 spiro atoms. The van der Waals surface area contributed by atoms with Gasteiger partial charge in [-0.05, 0) is 0 Å². The molecule has 0 radical (unpaired) electrons. The number of benzene rings is 5. The minimum absolute atomic E-state index is 0.453. The number of halogens is 4. The maximum atomic E-state index is 9.75. The van der Waals surface area contributed by atoms with Crippen LogP contribution in [-0.2, 0) is 0 Å². The molecule has 0 aliphatic heterocycles. The maximum absolute atomic E-state index is 9.75. The Morgan fingerprint density at radius 3 is 1.14 bits per heavy atom. The van der Waals surface area contributed by atoms with Gasteiger partial charge in [0.05, 0.1) is 0 Å². The van der Waals surface area contributed by atoms with Crippen molar-refractivity contribution >= 4 is 34.5 Å². The number of ether oxygens (including phenoxy) is 4. The summed E-state index contributed by atoms with van der Waals surface area (Å²) in [5.74, 6) is 3.44. The van der Waals surface area contributed by atoms with Crippen LogP contribution in [0.3, 0.4) is 0 Å². The molecule has 0 unspecified atom stereocenters. The van der Waals surface area contributed by atoms with Crippen LogP contribution >= 0.6 is 0 Å². The van der Waals surface area contributed by atoms with Gasteiger partial charge in [-0.15, -0.1) is 0 Å². The summed E-state index contributed by atoms with van der Waals surface area (Å²) in [6, 6.07) is 47.0. The second kappa shape index (κ2) is 17.0. The van der Waals surface area contributed by atoms with Gasteiger partial charge < -0.3 is 17.3 Å². The second-order valence-corrected chi connectivity index (χ2v) is 13.1. The van der Waals surface area contributed by atoms with Crippen LogP contribution in [0.5, 0.6) is 23.0 Å². The summed E-state index contributed by atoms with van der Waals surface area (Å²) >= 11 is -1.76. The zero-order valence-electron chi connectivity index (χ0n) is 23.7. The molecule has 5 aromatic rings. The Hall–Kier alpha value is -4.40. The second-order valence-electron chi connectivity index (χ2n) is 9.03. The molecule has 5 aromatic carbocycles. The summed E-state index contributed by atoms with van der Waals surface area (Å²) in [6.07, 6.45) is 0. The van der Waals surface area contributed by atoms with Gasteiger partial charge in [-0.2, -0.15) is 0 Å². The molecule has 0 atom stereocenters. The average Bonchev–Trinajstić information content (AvgIpc) is 3.04. The van der Waals surface area contributed by atoms with Crippen LogP contribution in [0.25, 0.3) is 0 Å². The molecule has 5 rings (SSSR count). The summed E-state index contributed by atoms with van der Waals surface area (Å²) in [5, 5.41) is 0. The van der Waals surface area contributed by atoms with E-state index in [1.165, 1.54) is 13.4 Å². The van der Waals surface area contributed by atoms with E-state index in [1.54, 1.807) is 0 Å². The fourth-order valence-corrected chi connectivity index (χ4v) is 8.80. The number of para-hydroxylation sites is 4. The fraction of sp³-hybridized carbons (Fsp3) is 0.118. The molecule has 228 valence electrons. The van der Waals surface area contributed by atoms with Crippen molar-refractivity contribution < 1.29 is 36.2 Å². The molecule has 0 fully saturated rings. The van der Waals surface area contributed by atoms with Crippen LogP contribution in [0.15, 0.2) is 140 Å². The van der Waals surface area contributed by atoms with Crippen molar-refractivity contribution in [2.45, 2.75) is 0 Å². The van der Waals surface area contributed by atoms with Crippen molar-refractivity contribution in [3.05, 3.63) is 140 Å². The fourth-order valence-electron chi connectivity index (χ4n) is 4.06. The molecule has 0 N–H and O–H groups in total. The van der Waals surface area contributed by atoms with Gasteiger partial charge in [-0.3, -0.25) is 0 Å². The summed E-state index contributed by atoms with van der Waals surface area (Å²) in [6.45, 7) is 1.84. The summed E-state index contributed by atoms with van der Waals surface area (Å²) in [7, 11) is -6.00. The van der Waals surface area contributed by atoms with Gasteiger partial charge in [-0.1, -0.05) is 0 Å². The third kappa shape index (κ3) is 11.0. The molecule has 44 heavy (non-hydrogen) atoms.